The van der Waals surface area contributed by atoms with Crippen molar-refractivity contribution < 1.29 is 14.3 Å². The third-order valence-corrected chi connectivity index (χ3v) is 5.40. The summed E-state index contributed by atoms with van der Waals surface area (Å²) in [7, 11) is 0. The molecular formula is C24H23ClN2O3. The van der Waals surface area contributed by atoms with Gasteiger partial charge in [0.25, 0.3) is 5.91 Å². The van der Waals surface area contributed by atoms with Gasteiger partial charge in [0.1, 0.15) is 11.5 Å². The number of fused-ring (bicyclic) bond motifs is 1. The lowest BCUT2D eigenvalue weighted by Gasteiger charge is -2.34. The summed E-state index contributed by atoms with van der Waals surface area (Å²) in [6.45, 7) is 1.19. The van der Waals surface area contributed by atoms with E-state index in [9.17, 15) is 4.79 Å². The molecule has 6 heteroatoms. The normalized spacial score (nSPS) is 15.5. The maximum absolute atomic E-state index is 13.2. The fraction of sp³-hybridized carbons (Fsp3) is 0.208. The fourth-order valence-electron chi connectivity index (χ4n) is 3.46. The van der Waals surface area contributed by atoms with Crippen LogP contribution >= 0.6 is 11.6 Å². The Morgan fingerprint density at radius 2 is 1.83 bits per heavy atom. The van der Waals surface area contributed by atoms with E-state index in [0.29, 0.717) is 36.9 Å². The van der Waals surface area contributed by atoms with Gasteiger partial charge < -0.3 is 20.1 Å². The van der Waals surface area contributed by atoms with E-state index in [4.69, 9.17) is 26.8 Å². The van der Waals surface area contributed by atoms with Gasteiger partial charge in [-0.3, -0.25) is 4.79 Å². The van der Waals surface area contributed by atoms with Crippen LogP contribution in [-0.2, 0) is 17.9 Å². The number of anilines is 1. The van der Waals surface area contributed by atoms with Crippen molar-refractivity contribution in [3.8, 4) is 11.5 Å². The molecule has 1 heterocycles. The number of carbonyl (C=O) groups excluding carboxylic acids is 1. The summed E-state index contributed by atoms with van der Waals surface area (Å²) in [5.74, 6) is 1.31. The van der Waals surface area contributed by atoms with Crippen LogP contribution < -0.4 is 20.1 Å². The number of hydrogen-bond donors (Lipinski definition) is 1. The van der Waals surface area contributed by atoms with Gasteiger partial charge in [-0.25, -0.2) is 0 Å². The molecule has 3 aromatic carbocycles. The number of carbonyl (C=O) groups is 1. The maximum atomic E-state index is 13.2. The van der Waals surface area contributed by atoms with Crippen molar-refractivity contribution in [3.05, 3.63) is 88.9 Å². The molecule has 3 aromatic rings. The minimum absolute atomic E-state index is 0.104. The molecule has 0 bridgehead atoms. The van der Waals surface area contributed by atoms with Crippen molar-refractivity contribution in [2.24, 2.45) is 5.73 Å². The van der Waals surface area contributed by atoms with E-state index < -0.39 is 6.10 Å². The van der Waals surface area contributed by atoms with E-state index in [0.717, 1.165) is 22.6 Å². The second-order valence-electron chi connectivity index (χ2n) is 7.08. The monoisotopic (exact) mass is 422 g/mol. The molecule has 0 saturated carbocycles. The van der Waals surface area contributed by atoms with Crippen molar-refractivity contribution in [1.29, 1.82) is 0 Å². The topological polar surface area (TPSA) is 64.8 Å². The highest BCUT2D eigenvalue weighted by Crippen LogP contribution is 2.36. The first-order valence-electron chi connectivity index (χ1n) is 9.88. The van der Waals surface area contributed by atoms with Crippen LogP contribution in [0.4, 0.5) is 5.69 Å². The van der Waals surface area contributed by atoms with Crippen molar-refractivity contribution in [3.63, 3.8) is 0 Å². The Bertz CT molecular complexity index is 1040. The Morgan fingerprint density at radius 3 is 2.67 bits per heavy atom. The average Bonchev–Trinajstić information content (AvgIpc) is 2.78. The highest BCUT2D eigenvalue weighted by molar-refractivity contribution is 6.31. The van der Waals surface area contributed by atoms with Crippen molar-refractivity contribution >= 4 is 23.2 Å². The van der Waals surface area contributed by atoms with Gasteiger partial charge in [-0.05, 0) is 41.5 Å². The molecule has 1 amide bonds. The van der Waals surface area contributed by atoms with Crippen LogP contribution in [0.3, 0.4) is 0 Å². The minimum atomic E-state index is -0.625. The Balaban J connectivity index is 1.49. The summed E-state index contributed by atoms with van der Waals surface area (Å²) in [6.07, 6.45) is -0.195. The van der Waals surface area contributed by atoms with Crippen LogP contribution in [0.2, 0.25) is 5.02 Å². The van der Waals surface area contributed by atoms with Gasteiger partial charge in [0.15, 0.2) is 6.10 Å². The lowest BCUT2D eigenvalue weighted by atomic mass is 10.1. The van der Waals surface area contributed by atoms with Crippen LogP contribution in [-0.4, -0.2) is 18.6 Å². The fourth-order valence-corrected chi connectivity index (χ4v) is 3.66. The molecular weight excluding hydrogens is 400 g/mol. The molecule has 2 N–H and O–H groups in total. The third-order valence-electron chi connectivity index (χ3n) is 5.04. The number of para-hydroxylation sites is 2. The highest BCUT2D eigenvalue weighted by Gasteiger charge is 2.34. The van der Waals surface area contributed by atoms with Gasteiger partial charge in [0.05, 0.1) is 18.8 Å². The smallest absolute Gasteiger partial charge is 0.268 e. The van der Waals surface area contributed by atoms with E-state index in [-0.39, 0.29) is 5.91 Å². The van der Waals surface area contributed by atoms with E-state index >= 15 is 0 Å². The predicted molar refractivity (Wildman–Crippen MR) is 118 cm³/mol. The van der Waals surface area contributed by atoms with Crippen LogP contribution in [0.15, 0.2) is 72.8 Å². The van der Waals surface area contributed by atoms with Crippen molar-refractivity contribution in [2.45, 2.75) is 25.6 Å². The summed E-state index contributed by atoms with van der Waals surface area (Å²) in [5, 5.41) is 0.633. The maximum Gasteiger partial charge on any atom is 0.268 e. The number of hydrogen-bond acceptors (Lipinski definition) is 4. The third kappa shape index (κ3) is 4.42. The molecule has 0 aliphatic carbocycles. The second-order valence-corrected chi connectivity index (χ2v) is 7.49. The SMILES string of the molecule is NCc1cccc(OCCC2Oc3ccccc3N(Cc3ccccc3Cl)C2=O)c1. The van der Waals surface area contributed by atoms with Crippen molar-refractivity contribution in [2.75, 3.05) is 11.5 Å². The van der Waals surface area contributed by atoms with Gasteiger partial charge in [-0.15, -0.1) is 0 Å². The molecule has 0 fully saturated rings. The van der Waals surface area contributed by atoms with Crippen LogP contribution in [0.25, 0.3) is 0 Å². The van der Waals surface area contributed by atoms with Gasteiger partial charge >= 0.3 is 0 Å². The standard InChI is InChI=1S/C24H23ClN2O3/c25-20-9-2-1-7-18(20)16-27-21-10-3-4-11-22(21)30-23(24(27)28)12-13-29-19-8-5-6-17(14-19)15-26/h1-11,14,23H,12-13,15-16,26H2. The zero-order valence-corrected chi connectivity index (χ0v) is 17.2. The lowest BCUT2D eigenvalue weighted by Crippen LogP contribution is -2.46. The van der Waals surface area contributed by atoms with Crippen LogP contribution in [0.5, 0.6) is 11.5 Å². The molecule has 4 rings (SSSR count). The minimum Gasteiger partial charge on any atom is -0.493 e. The molecule has 1 atom stereocenters. The second kappa shape index (κ2) is 9.20. The molecule has 1 aliphatic heterocycles. The molecule has 30 heavy (non-hydrogen) atoms. The molecule has 1 aliphatic rings. The molecule has 0 aromatic heterocycles. The van der Waals surface area contributed by atoms with Gasteiger partial charge in [-0.1, -0.05) is 54.1 Å². The van der Waals surface area contributed by atoms with Gasteiger partial charge in [0, 0.05) is 18.0 Å². The summed E-state index contributed by atoms with van der Waals surface area (Å²) in [5.41, 5.74) is 8.31. The molecule has 0 saturated heterocycles. The number of nitrogens with zero attached hydrogens (tertiary/aromatic N) is 1. The number of benzene rings is 3. The Morgan fingerprint density at radius 1 is 1.03 bits per heavy atom. The van der Waals surface area contributed by atoms with E-state index in [1.807, 2.05) is 72.8 Å². The Labute approximate surface area is 181 Å². The summed E-state index contributed by atoms with van der Waals surface area (Å²) in [4.78, 5) is 15.0. The summed E-state index contributed by atoms with van der Waals surface area (Å²) >= 11 is 6.33. The summed E-state index contributed by atoms with van der Waals surface area (Å²) in [6, 6.07) is 22.7. The quantitative estimate of drug-likeness (QED) is 0.606. The van der Waals surface area contributed by atoms with E-state index in [1.54, 1.807) is 4.90 Å². The zero-order valence-electron chi connectivity index (χ0n) is 16.5. The molecule has 1 unspecified atom stereocenters. The number of halogens is 1. The Hall–Kier alpha value is -3.02. The molecule has 154 valence electrons. The summed E-state index contributed by atoms with van der Waals surface area (Å²) < 4.78 is 11.8. The first-order valence-corrected chi connectivity index (χ1v) is 10.3. The average molecular weight is 423 g/mol. The van der Waals surface area contributed by atoms with Gasteiger partial charge in [0.2, 0.25) is 0 Å². The van der Waals surface area contributed by atoms with Crippen LogP contribution in [0.1, 0.15) is 17.5 Å². The largest absolute Gasteiger partial charge is 0.493 e. The predicted octanol–water partition coefficient (Wildman–Crippen LogP) is 4.56. The molecule has 0 spiro atoms. The van der Waals surface area contributed by atoms with Crippen molar-refractivity contribution in [1.82, 2.24) is 0 Å². The lowest BCUT2D eigenvalue weighted by molar-refractivity contribution is -0.127. The number of nitrogens with two attached hydrogens (primary N) is 1. The zero-order chi connectivity index (χ0) is 20.9. The number of ether oxygens (including phenoxy) is 2. The van der Waals surface area contributed by atoms with Gasteiger partial charge in [-0.2, -0.15) is 0 Å². The number of rotatable bonds is 7. The highest BCUT2D eigenvalue weighted by atomic mass is 35.5. The first kappa shape index (κ1) is 20.3. The van der Waals surface area contributed by atoms with E-state index in [2.05, 4.69) is 0 Å². The first-order chi connectivity index (χ1) is 14.7. The number of amides is 1. The van der Waals surface area contributed by atoms with E-state index in [1.165, 1.54) is 0 Å². The molecule has 5 nitrogen and oxygen atoms in total. The Kier molecular flexibility index (Phi) is 6.21. The molecule has 0 radical (unpaired) electrons. The van der Waals surface area contributed by atoms with Crippen LogP contribution in [0, 0.1) is 0 Å².